The smallest absolute Gasteiger partial charge is 0.251 e. The Bertz CT molecular complexity index is 1340. The number of nitrogens with zero attached hydrogens (tertiary/aromatic N) is 3. The molecule has 0 radical (unpaired) electrons. The Labute approximate surface area is 219 Å². The number of fused-ring (bicyclic) bond motifs is 1. The molecule has 0 spiro atoms. The molecule has 2 aromatic heterocycles. The molecule has 0 saturated heterocycles. The predicted molar refractivity (Wildman–Crippen MR) is 150 cm³/mol. The molecule has 0 unspecified atom stereocenters. The van der Waals surface area contributed by atoms with Crippen LogP contribution >= 0.6 is 13.5 Å². The van der Waals surface area contributed by atoms with E-state index in [-0.39, 0.29) is 30.9 Å². The molecule has 36 heavy (non-hydrogen) atoms. The standard InChI is InChI=1S/C28H31N5O2.H2S/c1-18(21-7-6-8-22-23(27(34)29-5)13-14-30-26(21)22)16-31-25-15-24(32-17-33-25)19-9-11-20(12-10-19)35-28(2,3)4;/h6-15,17-18H,16H2,1-5H3,(H,29,34)(H,31,32,33);1H2/t18-;/m1./s1. The minimum atomic E-state index is -0.242. The van der Waals surface area contributed by atoms with Gasteiger partial charge >= 0.3 is 0 Å². The van der Waals surface area contributed by atoms with Crippen LogP contribution in [0.2, 0.25) is 0 Å². The summed E-state index contributed by atoms with van der Waals surface area (Å²) in [6.45, 7) is 8.87. The van der Waals surface area contributed by atoms with Crippen LogP contribution in [-0.2, 0) is 0 Å². The Kier molecular flexibility index (Phi) is 8.53. The Morgan fingerprint density at radius 2 is 1.78 bits per heavy atom. The molecule has 2 aromatic carbocycles. The number of nitrogens with one attached hydrogen (secondary N) is 2. The molecule has 0 saturated carbocycles. The highest BCUT2D eigenvalue weighted by atomic mass is 32.1. The van der Waals surface area contributed by atoms with Crippen LogP contribution in [0.4, 0.5) is 5.82 Å². The van der Waals surface area contributed by atoms with E-state index in [0.29, 0.717) is 12.1 Å². The molecule has 2 N–H and O–H groups in total. The van der Waals surface area contributed by atoms with Gasteiger partial charge in [0.05, 0.1) is 16.8 Å². The summed E-state index contributed by atoms with van der Waals surface area (Å²) in [6, 6.07) is 17.6. The molecule has 0 aliphatic carbocycles. The van der Waals surface area contributed by atoms with Gasteiger partial charge < -0.3 is 15.4 Å². The number of carbonyl (C=O) groups excluding carboxylic acids is 1. The summed E-state index contributed by atoms with van der Waals surface area (Å²) in [5.41, 5.74) is 4.12. The predicted octanol–water partition coefficient (Wildman–Crippen LogP) is 5.56. The molecule has 0 fully saturated rings. The summed E-state index contributed by atoms with van der Waals surface area (Å²) in [7, 11) is 1.63. The van der Waals surface area contributed by atoms with E-state index in [1.54, 1.807) is 25.6 Å². The van der Waals surface area contributed by atoms with E-state index in [9.17, 15) is 4.79 Å². The van der Waals surface area contributed by atoms with Crippen molar-refractivity contribution >= 4 is 36.1 Å². The summed E-state index contributed by atoms with van der Waals surface area (Å²) >= 11 is 0. The molecule has 188 valence electrons. The van der Waals surface area contributed by atoms with Crippen molar-refractivity contribution in [1.82, 2.24) is 20.3 Å². The van der Waals surface area contributed by atoms with Crippen molar-refractivity contribution in [2.45, 2.75) is 39.2 Å². The van der Waals surface area contributed by atoms with Crippen LogP contribution in [0.1, 0.15) is 49.5 Å². The monoisotopic (exact) mass is 503 g/mol. The van der Waals surface area contributed by atoms with Gasteiger partial charge in [0, 0.05) is 42.7 Å². The quantitative estimate of drug-likeness (QED) is 0.343. The highest BCUT2D eigenvalue weighted by Gasteiger charge is 2.16. The fraction of sp³-hybridized carbons (Fsp3) is 0.286. The lowest BCUT2D eigenvalue weighted by molar-refractivity contribution is 0.0964. The zero-order valence-corrected chi connectivity index (χ0v) is 22.3. The van der Waals surface area contributed by atoms with Gasteiger partial charge in [-0.1, -0.05) is 25.1 Å². The maximum Gasteiger partial charge on any atom is 0.251 e. The van der Waals surface area contributed by atoms with Gasteiger partial charge in [-0.15, -0.1) is 0 Å². The second kappa shape index (κ2) is 11.4. The number of rotatable bonds is 7. The van der Waals surface area contributed by atoms with Crippen LogP contribution in [0, 0.1) is 0 Å². The molecule has 1 amide bonds. The van der Waals surface area contributed by atoms with E-state index >= 15 is 0 Å². The number of carbonyl (C=O) groups is 1. The Balaban J connectivity index is 0.00000361. The molecule has 4 rings (SSSR count). The largest absolute Gasteiger partial charge is 0.488 e. The fourth-order valence-corrected chi connectivity index (χ4v) is 3.96. The third-order valence-electron chi connectivity index (χ3n) is 5.64. The number of para-hydroxylation sites is 1. The van der Waals surface area contributed by atoms with Crippen LogP contribution < -0.4 is 15.4 Å². The SMILES string of the molecule is CNC(=O)c1ccnc2c([C@H](C)CNc3cc(-c4ccc(OC(C)(C)C)cc4)ncn3)cccc12.S. The third-order valence-corrected chi connectivity index (χ3v) is 5.64. The van der Waals surface area contributed by atoms with Crippen molar-refractivity contribution in [3.05, 3.63) is 78.2 Å². The first kappa shape index (κ1) is 26.9. The second-order valence-corrected chi connectivity index (χ2v) is 9.49. The first-order valence-corrected chi connectivity index (χ1v) is 11.7. The van der Waals surface area contributed by atoms with Gasteiger partial charge in [-0.05, 0) is 56.7 Å². The highest BCUT2D eigenvalue weighted by molar-refractivity contribution is 7.59. The lowest BCUT2D eigenvalue weighted by atomic mass is 9.96. The average Bonchev–Trinajstić information content (AvgIpc) is 2.85. The number of aromatic nitrogens is 3. The van der Waals surface area contributed by atoms with Crippen molar-refractivity contribution in [3.63, 3.8) is 0 Å². The minimum absolute atomic E-state index is 0. The number of pyridine rings is 1. The van der Waals surface area contributed by atoms with E-state index in [1.807, 2.05) is 63.2 Å². The van der Waals surface area contributed by atoms with Gasteiger partial charge in [0.15, 0.2) is 0 Å². The maximum absolute atomic E-state index is 12.3. The van der Waals surface area contributed by atoms with E-state index in [4.69, 9.17) is 4.74 Å². The Morgan fingerprint density at radius 3 is 2.47 bits per heavy atom. The topological polar surface area (TPSA) is 89.0 Å². The molecule has 2 heterocycles. The molecule has 4 aromatic rings. The summed E-state index contributed by atoms with van der Waals surface area (Å²) in [6.07, 6.45) is 3.25. The van der Waals surface area contributed by atoms with Gasteiger partial charge in [0.2, 0.25) is 0 Å². The van der Waals surface area contributed by atoms with Crippen LogP contribution in [0.5, 0.6) is 5.75 Å². The van der Waals surface area contributed by atoms with Gasteiger partial charge in [-0.2, -0.15) is 13.5 Å². The number of amides is 1. The van der Waals surface area contributed by atoms with Crippen molar-refractivity contribution in [3.8, 4) is 17.0 Å². The Hall–Kier alpha value is -3.65. The first-order chi connectivity index (χ1) is 16.7. The summed E-state index contributed by atoms with van der Waals surface area (Å²) in [4.78, 5) is 25.7. The number of benzene rings is 2. The lowest BCUT2D eigenvalue weighted by Crippen LogP contribution is -2.22. The van der Waals surface area contributed by atoms with E-state index in [0.717, 1.165) is 39.3 Å². The average molecular weight is 504 g/mol. The van der Waals surface area contributed by atoms with E-state index in [1.165, 1.54) is 0 Å². The lowest BCUT2D eigenvalue weighted by Gasteiger charge is -2.21. The summed E-state index contributed by atoms with van der Waals surface area (Å²) in [5, 5.41) is 6.97. The van der Waals surface area contributed by atoms with Crippen LogP contribution in [0.3, 0.4) is 0 Å². The van der Waals surface area contributed by atoms with E-state index < -0.39 is 0 Å². The second-order valence-electron chi connectivity index (χ2n) is 9.49. The third kappa shape index (κ3) is 6.31. The minimum Gasteiger partial charge on any atom is -0.488 e. The molecular weight excluding hydrogens is 470 g/mol. The van der Waals surface area contributed by atoms with Crippen LogP contribution in [-0.4, -0.2) is 40.1 Å². The first-order valence-electron chi connectivity index (χ1n) is 11.7. The normalized spacial score (nSPS) is 11.9. The maximum atomic E-state index is 12.3. The zero-order chi connectivity index (χ0) is 25.0. The van der Waals surface area contributed by atoms with Crippen LogP contribution in [0.25, 0.3) is 22.2 Å². The number of anilines is 1. The van der Waals surface area contributed by atoms with Crippen molar-refractivity contribution in [2.75, 3.05) is 18.9 Å². The molecule has 7 nitrogen and oxygen atoms in total. The number of hydrogen-bond acceptors (Lipinski definition) is 6. The molecule has 8 heteroatoms. The summed E-state index contributed by atoms with van der Waals surface area (Å²) in [5.74, 6) is 1.59. The van der Waals surface area contributed by atoms with Gasteiger partial charge in [-0.25, -0.2) is 9.97 Å². The summed E-state index contributed by atoms with van der Waals surface area (Å²) < 4.78 is 5.91. The molecule has 0 bridgehead atoms. The Morgan fingerprint density at radius 1 is 1.03 bits per heavy atom. The van der Waals surface area contributed by atoms with Gasteiger partial charge in [0.1, 0.15) is 23.5 Å². The van der Waals surface area contributed by atoms with Gasteiger partial charge in [0.25, 0.3) is 5.91 Å². The number of hydrogen-bond donors (Lipinski definition) is 2. The zero-order valence-electron chi connectivity index (χ0n) is 21.3. The van der Waals surface area contributed by atoms with Gasteiger partial charge in [-0.3, -0.25) is 9.78 Å². The van der Waals surface area contributed by atoms with Crippen molar-refractivity contribution in [2.24, 2.45) is 0 Å². The molecular formula is C28H33N5O2S. The molecule has 1 atom stereocenters. The fourth-order valence-electron chi connectivity index (χ4n) is 3.96. The molecule has 0 aliphatic heterocycles. The highest BCUT2D eigenvalue weighted by Crippen LogP contribution is 2.27. The molecule has 0 aliphatic rings. The van der Waals surface area contributed by atoms with E-state index in [2.05, 4.69) is 38.6 Å². The van der Waals surface area contributed by atoms with Crippen LogP contribution in [0.15, 0.2) is 67.1 Å². The number of ether oxygens (including phenoxy) is 1. The van der Waals surface area contributed by atoms with Crippen molar-refractivity contribution in [1.29, 1.82) is 0 Å². The van der Waals surface area contributed by atoms with Crippen molar-refractivity contribution < 1.29 is 9.53 Å².